The fourth-order valence-corrected chi connectivity index (χ4v) is 3.02. The molecule has 0 aromatic carbocycles. The van der Waals surface area contributed by atoms with E-state index in [1.807, 2.05) is 0 Å². The van der Waals surface area contributed by atoms with Crippen LogP contribution in [0.4, 0.5) is 5.82 Å². The summed E-state index contributed by atoms with van der Waals surface area (Å²) in [6, 6.07) is 1.49. The second-order valence-electron chi connectivity index (χ2n) is 4.47. The summed E-state index contributed by atoms with van der Waals surface area (Å²) in [5, 5.41) is 0. The first-order valence-electron chi connectivity index (χ1n) is 7.39. The Morgan fingerprint density at radius 2 is 2.04 bits per heavy atom. The van der Waals surface area contributed by atoms with Crippen LogP contribution < -0.4 is 10.6 Å². The molecule has 0 radical (unpaired) electrons. The van der Waals surface area contributed by atoms with Crippen LogP contribution >= 0.6 is 7.60 Å². The fourth-order valence-electron chi connectivity index (χ4n) is 1.71. The molecule has 0 unspecified atom stereocenters. The molecule has 0 spiro atoms. The lowest BCUT2D eigenvalue weighted by molar-refractivity contribution is -0.117. The number of carbonyl (C=O) groups excluding carboxylic acids is 1. The number of aromatic nitrogens is 2. The third-order valence-corrected chi connectivity index (χ3v) is 4.48. The van der Waals surface area contributed by atoms with E-state index in [4.69, 9.17) is 13.8 Å². The second-order valence-corrected chi connectivity index (χ2v) is 6.36. The number of nitrogens with zero attached hydrogens (tertiary/aromatic N) is 2. The molecular weight excluding hydrogens is 337 g/mol. The van der Waals surface area contributed by atoms with Gasteiger partial charge in [-0.05, 0) is 19.9 Å². The zero-order valence-electron chi connectivity index (χ0n) is 13.9. The minimum atomic E-state index is -3.26. The number of nitrogens with one attached hydrogen (secondary N) is 1. The molecule has 0 bridgehead atoms. The predicted octanol–water partition coefficient (Wildman–Crippen LogP) is 1.88. The summed E-state index contributed by atoms with van der Waals surface area (Å²) in [5.74, 6) is 1.29. The van der Waals surface area contributed by atoms with E-state index >= 15 is 0 Å². The van der Waals surface area contributed by atoms with Crippen molar-refractivity contribution in [2.24, 2.45) is 0 Å². The Labute approximate surface area is 140 Å². The van der Waals surface area contributed by atoms with Gasteiger partial charge in [-0.3, -0.25) is 19.2 Å². The molecule has 1 aromatic heterocycles. The summed E-state index contributed by atoms with van der Waals surface area (Å²) < 4.78 is 27.7. The maximum absolute atomic E-state index is 12.2. The first-order valence-corrected chi connectivity index (χ1v) is 9.00. The van der Waals surface area contributed by atoms with Crippen molar-refractivity contribution in [2.75, 3.05) is 31.5 Å². The van der Waals surface area contributed by atoms with E-state index < -0.39 is 13.3 Å². The summed E-state index contributed by atoms with van der Waals surface area (Å²) >= 11 is 0. The number of carbonyl (C=O) groups is 1. The van der Waals surface area contributed by atoms with Crippen molar-refractivity contribution in [1.29, 1.82) is 0 Å². The van der Waals surface area contributed by atoms with Crippen molar-refractivity contribution in [1.82, 2.24) is 9.97 Å². The van der Waals surface area contributed by atoms with Crippen LogP contribution in [-0.2, 0) is 23.1 Å². The summed E-state index contributed by atoms with van der Waals surface area (Å²) in [4.78, 5) is 30.0. The Balaban J connectivity index is 2.60. The van der Waals surface area contributed by atoms with Gasteiger partial charge in [0.15, 0.2) is 0 Å². The molecule has 0 aliphatic rings. The molecule has 1 aromatic rings. The van der Waals surface area contributed by atoms with Crippen molar-refractivity contribution in [2.45, 2.75) is 20.8 Å². The standard InChI is InChI=1S/C14H22N3O6P/c1-4-22-24(20,23-5-2)10-6-9-21-11-17(12(3)18)13-7-8-15-14(19)16-13/h6-8,10H,4-5,9,11H2,1-3H3,(H,15,16,19). The number of hydrogen-bond donors (Lipinski definition) is 1. The molecule has 1 rings (SSSR count). The SMILES string of the molecule is CCOP(=O)(C=CCOCN(C(C)=O)c1ccnc(=O)[nH]1)OCC. The molecule has 1 heterocycles. The van der Waals surface area contributed by atoms with Crippen LogP contribution in [0.1, 0.15) is 20.8 Å². The third kappa shape index (κ3) is 6.76. The van der Waals surface area contributed by atoms with Gasteiger partial charge in [-0.15, -0.1) is 0 Å². The molecule has 0 aliphatic heterocycles. The predicted molar refractivity (Wildman–Crippen MR) is 88.8 cm³/mol. The zero-order valence-corrected chi connectivity index (χ0v) is 14.8. The number of aromatic amines is 1. The molecule has 10 heteroatoms. The van der Waals surface area contributed by atoms with Gasteiger partial charge in [0.25, 0.3) is 0 Å². The van der Waals surface area contributed by atoms with E-state index in [2.05, 4.69) is 9.97 Å². The molecule has 0 saturated carbocycles. The van der Waals surface area contributed by atoms with Gasteiger partial charge in [0.05, 0.1) is 19.8 Å². The highest BCUT2D eigenvalue weighted by atomic mass is 31.2. The largest absolute Gasteiger partial charge is 0.357 e. The quantitative estimate of drug-likeness (QED) is 0.386. The first-order chi connectivity index (χ1) is 11.4. The van der Waals surface area contributed by atoms with Crippen LogP contribution in [0.25, 0.3) is 0 Å². The summed E-state index contributed by atoms with van der Waals surface area (Å²) in [6.45, 7) is 5.30. The molecule has 0 saturated heterocycles. The van der Waals surface area contributed by atoms with E-state index in [0.717, 1.165) is 0 Å². The molecule has 9 nitrogen and oxygen atoms in total. The lowest BCUT2D eigenvalue weighted by Gasteiger charge is -2.19. The van der Waals surface area contributed by atoms with Gasteiger partial charge >= 0.3 is 13.3 Å². The molecule has 1 amide bonds. The molecule has 0 fully saturated rings. The van der Waals surface area contributed by atoms with Crippen molar-refractivity contribution in [3.8, 4) is 0 Å². The minimum Gasteiger partial charge on any atom is -0.357 e. The average Bonchev–Trinajstić information content (AvgIpc) is 2.51. The van der Waals surface area contributed by atoms with E-state index in [0.29, 0.717) is 0 Å². The Morgan fingerprint density at radius 3 is 2.58 bits per heavy atom. The van der Waals surface area contributed by atoms with Crippen LogP contribution in [0.2, 0.25) is 0 Å². The van der Waals surface area contributed by atoms with Gasteiger partial charge in [-0.2, -0.15) is 0 Å². The van der Waals surface area contributed by atoms with E-state index in [9.17, 15) is 14.2 Å². The Hall–Kier alpha value is -1.80. The van der Waals surface area contributed by atoms with Crippen LogP contribution in [-0.4, -0.2) is 42.4 Å². The number of ether oxygens (including phenoxy) is 1. The van der Waals surface area contributed by atoms with Gasteiger partial charge in [-0.25, -0.2) is 9.78 Å². The van der Waals surface area contributed by atoms with Crippen LogP contribution in [0.15, 0.2) is 29.0 Å². The zero-order chi connectivity index (χ0) is 18.0. The van der Waals surface area contributed by atoms with E-state index in [1.54, 1.807) is 13.8 Å². The van der Waals surface area contributed by atoms with Crippen molar-refractivity contribution in [3.05, 3.63) is 34.6 Å². The van der Waals surface area contributed by atoms with Gasteiger partial charge < -0.3 is 13.8 Å². The van der Waals surface area contributed by atoms with Gasteiger partial charge in [0, 0.05) is 18.9 Å². The third-order valence-electron chi connectivity index (χ3n) is 2.67. The van der Waals surface area contributed by atoms with Gasteiger partial charge in [0.1, 0.15) is 12.5 Å². The van der Waals surface area contributed by atoms with Crippen LogP contribution in [0.3, 0.4) is 0 Å². The topological polar surface area (TPSA) is 111 Å². The monoisotopic (exact) mass is 359 g/mol. The van der Waals surface area contributed by atoms with Crippen LogP contribution in [0.5, 0.6) is 0 Å². The maximum atomic E-state index is 12.2. The molecule has 134 valence electrons. The number of rotatable bonds is 10. The number of anilines is 1. The van der Waals surface area contributed by atoms with Gasteiger partial charge in [-0.1, -0.05) is 6.08 Å². The van der Waals surface area contributed by atoms with Crippen molar-refractivity contribution >= 4 is 19.3 Å². The molecule has 24 heavy (non-hydrogen) atoms. The lowest BCUT2D eigenvalue weighted by atomic mass is 10.5. The maximum Gasteiger partial charge on any atom is 0.353 e. The van der Waals surface area contributed by atoms with Gasteiger partial charge in [0.2, 0.25) is 5.91 Å². The summed E-state index contributed by atoms with van der Waals surface area (Å²) in [6.07, 6.45) is 2.80. The number of amides is 1. The highest BCUT2D eigenvalue weighted by Crippen LogP contribution is 2.49. The molecule has 0 atom stereocenters. The van der Waals surface area contributed by atoms with E-state index in [1.165, 1.54) is 36.0 Å². The number of H-pyrrole nitrogens is 1. The van der Waals surface area contributed by atoms with Crippen molar-refractivity contribution in [3.63, 3.8) is 0 Å². The minimum absolute atomic E-state index is 0.0865. The highest BCUT2D eigenvalue weighted by Gasteiger charge is 2.18. The molecule has 0 aliphatic carbocycles. The molecule has 1 N–H and O–H groups in total. The summed E-state index contributed by atoms with van der Waals surface area (Å²) in [7, 11) is -3.26. The normalized spacial score (nSPS) is 11.8. The molecular formula is C14H22N3O6P. The summed E-state index contributed by atoms with van der Waals surface area (Å²) in [5.41, 5.74) is -0.562. The average molecular weight is 359 g/mol. The van der Waals surface area contributed by atoms with E-state index in [-0.39, 0.29) is 38.3 Å². The lowest BCUT2D eigenvalue weighted by Crippen LogP contribution is -2.33. The first kappa shape index (κ1) is 20.2. The Kier molecular flexibility index (Phi) is 8.56. The Morgan fingerprint density at radius 1 is 1.38 bits per heavy atom. The van der Waals surface area contributed by atoms with Crippen LogP contribution in [0, 0.1) is 0 Å². The second kappa shape index (κ2) is 10.1. The highest BCUT2D eigenvalue weighted by molar-refractivity contribution is 7.57. The smallest absolute Gasteiger partial charge is 0.353 e. The van der Waals surface area contributed by atoms with Crippen molar-refractivity contribution < 1.29 is 23.1 Å². The fraction of sp³-hybridized carbons (Fsp3) is 0.500. The Bertz CT molecular complexity index is 650. The number of hydrogen-bond acceptors (Lipinski definition) is 7.